The Labute approximate surface area is 93.3 Å². The van der Waals surface area contributed by atoms with Gasteiger partial charge in [-0.3, -0.25) is 20.2 Å². The Morgan fingerprint density at radius 3 is 2.31 bits per heavy atom. The third-order valence-electron chi connectivity index (χ3n) is 2.28. The van der Waals surface area contributed by atoms with E-state index in [4.69, 9.17) is 5.73 Å². The molecule has 1 saturated heterocycles. The molecule has 0 atom stereocenters. The fourth-order valence-corrected chi connectivity index (χ4v) is 1.54. The highest BCUT2D eigenvalue weighted by atomic mass is 16.2. The van der Waals surface area contributed by atoms with Gasteiger partial charge in [-0.1, -0.05) is 0 Å². The molecule has 4 N–H and O–H groups in total. The van der Waals surface area contributed by atoms with E-state index in [-0.39, 0.29) is 19.0 Å². The largest absolute Gasteiger partial charge is 0.351 e. The Kier molecular flexibility index (Phi) is 4.71. The van der Waals surface area contributed by atoms with Crippen molar-refractivity contribution in [3.05, 3.63) is 0 Å². The van der Waals surface area contributed by atoms with Crippen molar-refractivity contribution in [1.29, 1.82) is 0 Å². The first-order valence-electron chi connectivity index (χ1n) is 5.17. The number of primary amides is 1. The Balaban J connectivity index is 2.12. The van der Waals surface area contributed by atoms with Crippen LogP contribution in [0, 0.1) is 0 Å². The van der Waals surface area contributed by atoms with Crippen LogP contribution in [0.4, 0.5) is 4.79 Å². The normalized spacial score (nSPS) is 14.9. The molecule has 7 heteroatoms. The quantitative estimate of drug-likeness (QED) is 0.538. The van der Waals surface area contributed by atoms with Gasteiger partial charge in [0.1, 0.15) is 0 Å². The lowest BCUT2D eigenvalue weighted by Gasteiger charge is -2.15. The number of hydrogen-bond donors (Lipinski definition) is 3. The minimum atomic E-state index is -0.891. The lowest BCUT2D eigenvalue weighted by Crippen LogP contribution is -2.43. The summed E-state index contributed by atoms with van der Waals surface area (Å²) in [6.07, 6.45) is 2.07. The van der Waals surface area contributed by atoms with Gasteiger partial charge in [0.25, 0.3) is 0 Å². The first-order valence-corrected chi connectivity index (χ1v) is 5.17. The van der Waals surface area contributed by atoms with Gasteiger partial charge in [-0.25, -0.2) is 4.79 Å². The molecule has 16 heavy (non-hydrogen) atoms. The van der Waals surface area contributed by atoms with Gasteiger partial charge in [0.2, 0.25) is 11.8 Å². The summed E-state index contributed by atoms with van der Waals surface area (Å²) in [5.74, 6) is -0.564. The first kappa shape index (κ1) is 12.4. The lowest BCUT2D eigenvalue weighted by atomic mass is 10.4. The van der Waals surface area contributed by atoms with E-state index in [9.17, 15) is 14.4 Å². The monoisotopic (exact) mass is 228 g/mol. The zero-order valence-corrected chi connectivity index (χ0v) is 8.99. The third-order valence-corrected chi connectivity index (χ3v) is 2.28. The van der Waals surface area contributed by atoms with Crippen LogP contribution in [0.1, 0.15) is 12.8 Å². The predicted molar refractivity (Wildman–Crippen MR) is 56.4 cm³/mol. The number of rotatable bonds is 4. The number of amides is 4. The number of nitrogens with two attached hydrogens (primary N) is 1. The summed E-state index contributed by atoms with van der Waals surface area (Å²) >= 11 is 0. The zero-order chi connectivity index (χ0) is 12.0. The summed E-state index contributed by atoms with van der Waals surface area (Å²) in [6.45, 7) is 1.58. The SMILES string of the molecule is NC(=O)NC(=O)CNCC(=O)N1CCCC1. The molecule has 1 aliphatic heterocycles. The van der Waals surface area contributed by atoms with Crippen LogP contribution in [-0.4, -0.2) is 48.9 Å². The Morgan fingerprint density at radius 2 is 1.75 bits per heavy atom. The van der Waals surface area contributed by atoms with Crippen molar-refractivity contribution in [3.8, 4) is 0 Å². The fourth-order valence-electron chi connectivity index (χ4n) is 1.54. The molecule has 1 aliphatic rings. The van der Waals surface area contributed by atoms with Crippen LogP contribution in [0.5, 0.6) is 0 Å². The van der Waals surface area contributed by atoms with Crippen LogP contribution in [-0.2, 0) is 9.59 Å². The highest BCUT2D eigenvalue weighted by Gasteiger charge is 2.17. The van der Waals surface area contributed by atoms with Crippen molar-refractivity contribution in [2.24, 2.45) is 5.73 Å². The van der Waals surface area contributed by atoms with E-state index < -0.39 is 11.9 Å². The topological polar surface area (TPSA) is 105 Å². The van der Waals surface area contributed by atoms with E-state index in [0.29, 0.717) is 0 Å². The van der Waals surface area contributed by atoms with Gasteiger partial charge in [0.05, 0.1) is 13.1 Å². The molecule has 0 saturated carbocycles. The number of nitrogens with one attached hydrogen (secondary N) is 2. The summed E-state index contributed by atoms with van der Waals surface area (Å²) in [5.41, 5.74) is 4.75. The molecule has 4 amide bonds. The second-order valence-electron chi connectivity index (χ2n) is 3.60. The van der Waals surface area contributed by atoms with Gasteiger partial charge in [-0.2, -0.15) is 0 Å². The van der Waals surface area contributed by atoms with Gasteiger partial charge in [-0.15, -0.1) is 0 Å². The van der Waals surface area contributed by atoms with E-state index in [2.05, 4.69) is 5.32 Å². The Morgan fingerprint density at radius 1 is 1.12 bits per heavy atom. The Bertz CT molecular complexity index is 286. The summed E-state index contributed by atoms with van der Waals surface area (Å²) in [5, 5.41) is 4.55. The fraction of sp³-hybridized carbons (Fsp3) is 0.667. The van der Waals surface area contributed by atoms with Crippen LogP contribution in [0.3, 0.4) is 0 Å². The number of carbonyl (C=O) groups excluding carboxylic acids is 3. The molecule has 0 aromatic carbocycles. The molecule has 0 bridgehead atoms. The van der Waals surface area contributed by atoms with Gasteiger partial charge in [-0.05, 0) is 12.8 Å². The summed E-state index contributed by atoms with van der Waals surface area (Å²) in [4.78, 5) is 34.5. The summed E-state index contributed by atoms with van der Waals surface area (Å²) < 4.78 is 0. The molecule has 0 radical (unpaired) electrons. The van der Waals surface area contributed by atoms with Crippen LogP contribution < -0.4 is 16.4 Å². The van der Waals surface area contributed by atoms with Gasteiger partial charge in [0, 0.05) is 13.1 Å². The van der Waals surface area contributed by atoms with Crippen molar-refractivity contribution < 1.29 is 14.4 Å². The molecule has 0 spiro atoms. The van der Waals surface area contributed by atoms with Gasteiger partial charge < -0.3 is 10.6 Å². The van der Waals surface area contributed by atoms with E-state index in [1.54, 1.807) is 4.90 Å². The predicted octanol–water partition coefficient (Wildman–Crippen LogP) is -1.61. The molecule has 0 aromatic heterocycles. The van der Waals surface area contributed by atoms with Gasteiger partial charge in [0.15, 0.2) is 0 Å². The van der Waals surface area contributed by atoms with Crippen LogP contribution in [0.2, 0.25) is 0 Å². The highest BCUT2D eigenvalue weighted by molar-refractivity contribution is 5.94. The van der Waals surface area contributed by atoms with E-state index in [1.165, 1.54) is 0 Å². The highest BCUT2D eigenvalue weighted by Crippen LogP contribution is 2.06. The molecule has 1 heterocycles. The number of likely N-dealkylation sites (tertiary alicyclic amines) is 1. The molecule has 7 nitrogen and oxygen atoms in total. The number of hydrogen-bond acceptors (Lipinski definition) is 4. The average Bonchev–Trinajstić information content (AvgIpc) is 2.68. The number of urea groups is 1. The van der Waals surface area contributed by atoms with Crippen molar-refractivity contribution >= 4 is 17.8 Å². The number of imide groups is 1. The standard InChI is InChI=1S/C9H16N4O3/c10-9(16)12-7(14)5-11-6-8(15)13-3-1-2-4-13/h11H,1-6H2,(H3,10,12,14,16). The van der Waals surface area contributed by atoms with E-state index >= 15 is 0 Å². The summed E-state index contributed by atoms with van der Waals surface area (Å²) in [7, 11) is 0. The molecule has 0 unspecified atom stereocenters. The molecule has 1 rings (SSSR count). The lowest BCUT2D eigenvalue weighted by molar-refractivity contribution is -0.129. The second kappa shape index (κ2) is 6.06. The minimum Gasteiger partial charge on any atom is -0.351 e. The maximum absolute atomic E-state index is 11.5. The zero-order valence-electron chi connectivity index (χ0n) is 8.99. The van der Waals surface area contributed by atoms with Crippen molar-refractivity contribution in [3.63, 3.8) is 0 Å². The second-order valence-corrected chi connectivity index (χ2v) is 3.60. The molecule has 0 aliphatic carbocycles. The minimum absolute atomic E-state index is 0.0237. The maximum atomic E-state index is 11.5. The van der Waals surface area contributed by atoms with E-state index in [1.807, 2.05) is 5.32 Å². The number of carbonyl (C=O) groups is 3. The van der Waals surface area contributed by atoms with Crippen molar-refractivity contribution in [1.82, 2.24) is 15.5 Å². The molecule has 90 valence electrons. The molecule has 1 fully saturated rings. The first-order chi connectivity index (χ1) is 7.59. The van der Waals surface area contributed by atoms with Gasteiger partial charge >= 0.3 is 6.03 Å². The molecular weight excluding hydrogens is 212 g/mol. The van der Waals surface area contributed by atoms with Crippen molar-refractivity contribution in [2.45, 2.75) is 12.8 Å². The third kappa shape index (κ3) is 4.26. The number of nitrogens with zero attached hydrogens (tertiary/aromatic N) is 1. The van der Waals surface area contributed by atoms with Crippen molar-refractivity contribution in [2.75, 3.05) is 26.2 Å². The Hall–Kier alpha value is -1.63. The molecular formula is C9H16N4O3. The summed E-state index contributed by atoms with van der Waals surface area (Å²) in [6, 6.07) is -0.891. The van der Waals surface area contributed by atoms with Crippen LogP contribution in [0.25, 0.3) is 0 Å². The average molecular weight is 228 g/mol. The van der Waals surface area contributed by atoms with E-state index in [0.717, 1.165) is 25.9 Å². The van der Waals surface area contributed by atoms with Crippen LogP contribution in [0.15, 0.2) is 0 Å². The van der Waals surface area contributed by atoms with Crippen LogP contribution >= 0.6 is 0 Å². The smallest absolute Gasteiger partial charge is 0.318 e. The maximum Gasteiger partial charge on any atom is 0.318 e. The molecule has 0 aromatic rings.